The fourth-order valence-electron chi connectivity index (χ4n) is 2.72. The molecule has 2 amide bonds. The fraction of sp³-hybridized carbons (Fsp3) is 0.588. The zero-order valence-corrected chi connectivity index (χ0v) is 15.5. The SMILES string of the molecule is CCC(CC)NC(=O)COC(=O)[C@H]1CS[C@H](c2ccco2)N1C(C)=O. The number of hydrogen-bond donors (Lipinski definition) is 1. The Morgan fingerprint density at radius 3 is 2.68 bits per heavy atom. The Labute approximate surface area is 151 Å². The fourth-order valence-corrected chi connectivity index (χ4v) is 4.13. The molecule has 1 N–H and O–H groups in total. The van der Waals surface area contributed by atoms with Crippen molar-refractivity contribution < 1.29 is 23.5 Å². The van der Waals surface area contributed by atoms with Crippen LogP contribution >= 0.6 is 11.8 Å². The molecule has 1 aromatic heterocycles. The number of nitrogens with one attached hydrogen (secondary N) is 1. The minimum absolute atomic E-state index is 0.0743. The van der Waals surface area contributed by atoms with Gasteiger partial charge in [-0.25, -0.2) is 4.79 Å². The molecule has 0 bridgehead atoms. The van der Waals surface area contributed by atoms with Crippen molar-refractivity contribution in [2.24, 2.45) is 0 Å². The van der Waals surface area contributed by atoms with Gasteiger partial charge in [-0.3, -0.25) is 9.59 Å². The third kappa shape index (κ3) is 4.78. The maximum atomic E-state index is 12.4. The van der Waals surface area contributed by atoms with E-state index in [1.54, 1.807) is 12.1 Å². The van der Waals surface area contributed by atoms with Crippen molar-refractivity contribution in [2.45, 2.75) is 51.1 Å². The van der Waals surface area contributed by atoms with Crippen LogP contribution in [0.25, 0.3) is 0 Å². The number of carbonyl (C=O) groups is 3. The van der Waals surface area contributed by atoms with Gasteiger partial charge in [0.1, 0.15) is 17.2 Å². The molecule has 7 nitrogen and oxygen atoms in total. The molecule has 0 aromatic carbocycles. The number of amides is 2. The first-order valence-corrected chi connectivity index (χ1v) is 9.42. The van der Waals surface area contributed by atoms with Gasteiger partial charge in [0.05, 0.1) is 6.26 Å². The average Bonchev–Trinajstić information content (AvgIpc) is 3.25. The molecule has 0 unspecified atom stereocenters. The van der Waals surface area contributed by atoms with Crippen molar-refractivity contribution in [1.29, 1.82) is 0 Å². The highest BCUT2D eigenvalue weighted by atomic mass is 32.2. The summed E-state index contributed by atoms with van der Waals surface area (Å²) >= 11 is 1.44. The second-order valence-electron chi connectivity index (χ2n) is 5.83. The molecule has 0 radical (unpaired) electrons. The molecule has 1 aliphatic rings. The number of hydrogen-bond acceptors (Lipinski definition) is 6. The van der Waals surface area contributed by atoms with Crippen molar-refractivity contribution in [3.8, 4) is 0 Å². The maximum Gasteiger partial charge on any atom is 0.330 e. The van der Waals surface area contributed by atoms with Gasteiger partial charge in [0.2, 0.25) is 5.91 Å². The Morgan fingerprint density at radius 2 is 2.12 bits per heavy atom. The second-order valence-corrected chi connectivity index (χ2v) is 6.95. The molecule has 1 saturated heterocycles. The molecule has 2 heterocycles. The molecule has 2 rings (SSSR count). The Balaban J connectivity index is 1.94. The van der Waals surface area contributed by atoms with Gasteiger partial charge in [0, 0.05) is 18.7 Å². The Hall–Kier alpha value is -1.96. The van der Waals surface area contributed by atoms with E-state index in [4.69, 9.17) is 9.15 Å². The lowest BCUT2D eigenvalue weighted by Crippen LogP contribution is -2.44. The molecule has 0 saturated carbocycles. The van der Waals surface area contributed by atoms with E-state index in [0.717, 1.165) is 12.8 Å². The number of furan rings is 1. The normalized spacial score (nSPS) is 19.9. The molecule has 0 spiro atoms. The van der Waals surface area contributed by atoms with Crippen LogP contribution < -0.4 is 5.32 Å². The zero-order valence-electron chi connectivity index (χ0n) is 14.7. The van der Waals surface area contributed by atoms with Gasteiger partial charge in [-0.15, -0.1) is 11.8 Å². The van der Waals surface area contributed by atoms with Gasteiger partial charge in [-0.2, -0.15) is 0 Å². The summed E-state index contributed by atoms with van der Waals surface area (Å²) in [6, 6.07) is 2.86. The summed E-state index contributed by atoms with van der Waals surface area (Å²) < 4.78 is 10.5. The Bertz CT molecular complexity index is 600. The van der Waals surface area contributed by atoms with E-state index in [1.165, 1.54) is 29.8 Å². The predicted molar refractivity (Wildman–Crippen MR) is 93.7 cm³/mol. The summed E-state index contributed by atoms with van der Waals surface area (Å²) in [5.74, 6) is -0.129. The van der Waals surface area contributed by atoms with Crippen molar-refractivity contribution in [1.82, 2.24) is 10.2 Å². The summed E-state index contributed by atoms with van der Waals surface area (Å²) in [6.45, 7) is 5.03. The molecule has 1 fully saturated rings. The molecular weight excluding hydrogens is 344 g/mol. The first kappa shape index (κ1) is 19.4. The number of ether oxygens (including phenoxy) is 1. The maximum absolute atomic E-state index is 12.4. The molecular formula is C17H24N2O5S. The highest BCUT2D eigenvalue weighted by Crippen LogP contribution is 2.41. The zero-order chi connectivity index (χ0) is 18.4. The molecule has 1 aromatic rings. The van der Waals surface area contributed by atoms with E-state index in [2.05, 4.69) is 5.32 Å². The van der Waals surface area contributed by atoms with Crippen LogP contribution in [-0.2, 0) is 19.1 Å². The lowest BCUT2D eigenvalue weighted by Gasteiger charge is -2.25. The number of carbonyl (C=O) groups excluding carboxylic acids is 3. The van der Waals surface area contributed by atoms with Crippen LogP contribution in [-0.4, -0.2) is 47.1 Å². The first-order chi connectivity index (χ1) is 12.0. The minimum Gasteiger partial charge on any atom is -0.466 e. The van der Waals surface area contributed by atoms with Crippen molar-refractivity contribution in [2.75, 3.05) is 12.4 Å². The molecule has 8 heteroatoms. The lowest BCUT2D eigenvalue weighted by molar-refractivity contribution is -0.156. The Kier molecular flexibility index (Phi) is 6.92. The van der Waals surface area contributed by atoms with E-state index in [0.29, 0.717) is 11.5 Å². The quantitative estimate of drug-likeness (QED) is 0.742. The van der Waals surface area contributed by atoms with Crippen LogP contribution in [0.15, 0.2) is 22.8 Å². The smallest absolute Gasteiger partial charge is 0.330 e. The molecule has 1 aliphatic heterocycles. The van der Waals surface area contributed by atoms with Crippen LogP contribution in [0.2, 0.25) is 0 Å². The minimum atomic E-state index is -0.724. The molecule has 0 aliphatic carbocycles. The lowest BCUT2D eigenvalue weighted by atomic mass is 10.2. The number of nitrogens with zero attached hydrogens (tertiary/aromatic N) is 1. The van der Waals surface area contributed by atoms with Crippen LogP contribution in [0.5, 0.6) is 0 Å². The Morgan fingerprint density at radius 1 is 1.40 bits per heavy atom. The summed E-state index contributed by atoms with van der Waals surface area (Å²) in [4.78, 5) is 37.7. The highest BCUT2D eigenvalue weighted by molar-refractivity contribution is 7.99. The van der Waals surface area contributed by atoms with Gasteiger partial charge in [-0.1, -0.05) is 13.8 Å². The summed E-state index contributed by atoms with van der Waals surface area (Å²) in [5, 5.41) is 2.45. The number of thioether (sulfide) groups is 1. The molecule has 25 heavy (non-hydrogen) atoms. The van der Waals surface area contributed by atoms with Gasteiger partial charge in [0.25, 0.3) is 5.91 Å². The van der Waals surface area contributed by atoms with E-state index in [9.17, 15) is 14.4 Å². The van der Waals surface area contributed by atoms with E-state index in [-0.39, 0.29) is 29.8 Å². The topological polar surface area (TPSA) is 88.8 Å². The summed E-state index contributed by atoms with van der Waals surface area (Å²) in [5.41, 5.74) is 0. The molecule has 138 valence electrons. The van der Waals surface area contributed by atoms with Crippen molar-refractivity contribution in [3.63, 3.8) is 0 Å². The van der Waals surface area contributed by atoms with Gasteiger partial charge in [0.15, 0.2) is 6.61 Å². The molecule has 2 atom stereocenters. The van der Waals surface area contributed by atoms with E-state index in [1.807, 2.05) is 13.8 Å². The van der Waals surface area contributed by atoms with Crippen LogP contribution in [0.1, 0.15) is 44.7 Å². The summed E-state index contributed by atoms with van der Waals surface area (Å²) in [7, 11) is 0. The predicted octanol–water partition coefficient (Wildman–Crippen LogP) is 2.09. The number of esters is 1. The highest BCUT2D eigenvalue weighted by Gasteiger charge is 2.43. The second kappa shape index (κ2) is 8.94. The van der Waals surface area contributed by atoms with Crippen LogP contribution in [0.4, 0.5) is 0 Å². The number of rotatable bonds is 7. The van der Waals surface area contributed by atoms with Gasteiger partial charge < -0.3 is 19.4 Å². The third-order valence-corrected chi connectivity index (χ3v) is 5.40. The van der Waals surface area contributed by atoms with Crippen LogP contribution in [0.3, 0.4) is 0 Å². The van der Waals surface area contributed by atoms with E-state index >= 15 is 0 Å². The van der Waals surface area contributed by atoms with Crippen LogP contribution in [0, 0.1) is 0 Å². The van der Waals surface area contributed by atoms with Gasteiger partial charge in [-0.05, 0) is 25.0 Å². The third-order valence-electron chi connectivity index (χ3n) is 4.12. The monoisotopic (exact) mass is 368 g/mol. The summed E-state index contributed by atoms with van der Waals surface area (Å²) in [6.07, 6.45) is 3.17. The standard InChI is InChI=1S/C17H24N2O5S/c1-4-12(5-2)18-15(21)9-24-17(22)13-10-25-16(19(13)11(3)20)14-7-6-8-23-14/h6-8,12-13,16H,4-5,9-10H2,1-3H3,(H,18,21)/t13-,16-/m1/s1. The van der Waals surface area contributed by atoms with Crippen molar-refractivity contribution in [3.05, 3.63) is 24.2 Å². The average molecular weight is 368 g/mol. The largest absolute Gasteiger partial charge is 0.466 e. The van der Waals surface area contributed by atoms with E-state index < -0.39 is 12.0 Å². The first-order valence-electron chi connectivity index (χ1n) is 8.37. The van der Waals surface area contributed by atoms with Gasteiger partial charge >= 0.3 is 5.97 Å². The van der Waals surface area contributed by atoms with Crippen molar-refractivity contribution >= 4 is 29.5 Å².